The second kappa shape index (κ2) is 7.64. The molecule has 1 fully saturated rings. The van der Waals surface area contributed by atoms with Gasteiger partial charge in [0.15, 0.2) is 5.82 Å². The number of halogens is 1. The zero-order chi connectivity index (χ0) is 18.8. The molecule has 6 heteroatoms. The van der Waals surface area contributed by atoms with Gasteiger partial charge < -0.3 is 5.32 Å². The van der Waals surface area contributed by atoms with Gasteiger partial charge in [-0.2, -0.15) is 0 Å². The molecule has 1 aliphatic rings. The highest BCUT2D eigenvalue weighted by Crippen LogP contribution is 2.30. The van der Waals surface area contributed by atoms with Gasteiger partial charge in [-0.1, -0.05) is 24.8 Å². The van der Waals surface area contributed by atoms with Crippen LogP contribution in [0.5, 0.6) is 0 Å². The number of aryl methyl sites for hydroxylation is 1. The molecule has 138 valence electrons. The molecule has 4 rings (SSSR count). The van der Waals surface area contributed by atoms with Gasteiger partial charge in [-0.15, -0.1) is 0 Å². The van der Waals surface area contributed by atoms with E-state index in [9.17, 15) is 9.18 Å². The Morgan fingerprint density at radius 2 is 1.96 bits per heavy atom. The molecular weight excluding hydrogens is 361 g/mol. The van der Waals surface area contributed by atoms with Gasteiger partial charge in [-0.05, 0) is 61.2 Å². The van der Waals surface area contributed by atoms with Crippen LogP contribution in [0.25, 0.3) is 22.3 Å². The smallest absolute Gasteiger partial charge is 0.230 e. The molecule has 27 heavy (non-hydrogen) atoms. The summed E-state index contributed by atoms with van der Waals surface area (Å²) >= 11 is 1.42. The van der Waals surface area contributed by atoms with E-state index in [0.717, 1.165) is 40.8 Å². The van der Waals surface area contributed by atoms with Crippen LogP contribution < -0.4 is 5.32 Å². The Morgan fingerprint density at radius 3 is 2.67 bits per heavy atom. The molecule has 1 aromatic heterocycles. The second-order valence-electron chi connectivity index (χ2n) is 6.69. The van der Waals surface area contributed by atoms with Crippen LogP contribution in [0.3, 0.4) is 0 Å². The molecule has 0 unspecified atom stereocenters. The number of carbonyl (C=O) groups is 1. The third-order valence-electron chi connectivity index (χ3n) is 4.52. The van der Waals surface area contributed by atoms with Gasteiger partial charge in [0.2, 0.25) is 5.91 Å². The largest absolute Gasteiger partial charge is 0.353 e. The summed E-state index contributed by atoms with van der Waals surface area (Å²) in [5.41, 5.74) is 2.78. The molecule has 2 aromatic carbocycles. The number of hydrogen-bond acceptors (Lipinski definition) is 4. The van der Waals surface area contributed by atoms with E-state index in [0.29, 0.717) is 17.6 Å². The summed E-state index contributed by atoms with van der Waals surface area (Å²) < 4.78 is 13.2. The summed E-state index contributed by atoms with van der Waals surface area (Å²) in [5, 5.41) is 4.73. The van der Waals surface area contributed by atoms with E-state index in [1.54, 1.807) is 12.1 Å². The number of carbonyl (C=O) groups excluding carboxylic acids is 1. The van der Waals surface area contributed by atoms with Crippen LogP contribution >= 0.6 is 11.8 Å². The Kier molecular flexibility index (Phi) is 5.07. The van der Waals surface area contributed by atoms with Crippen molar-refractivity contribution in [1.29, 1.82) is 0 Å². The number of amides is 1. The first kappa shape index (κ1) is 17.9. The fourth-order valence-electron chi connectivity index (χ4n) is 2.84. The summed E-state index contributed by atoms with van der Waals surface area (Å²) in [4.78, 5) is 21.4. The first-order valence-corrected chi connectivity index (χ1v) is 10.1. The van der Waals surface area contributed by atoms with Gasteiger partial charge in [0.05, 0.1) is 11.3 Å². The van der Waals surface area contributed by atoms with Crippen LogP contribution in [0.15, 0.2) is 47.5 Å². The van der Waals surface area contributed by atoms with E-state index < -0.39 is 0 Å². The Morgan fingerprint density at radius 1 is 1.19 bits per heavy atom. The maximum absolute atomic E-state index is 13.2. The zero-order valence-corrected chi connectivity index (χ0v) is 15.9. The first-order valence-electron chi connectivity index (χ1n) is 9.11. The van der Waals surface area contributed by atoms with E-state index in [1.807, 2.05) is 6.07 Å². The molecule has 0 spiro atoms. The van der Waals surface area contributed by atoms with Crippen molar-refractivity contribution in [2.45, 2.75) is 37.3 Å². The van der Waals surface area contributed by atoms with Crippen LogP contribution in [-0.4, -0.2) is 27.7 Å². The van der Waals surface area contributed by atoms with Gasteiger partial charge in [0, 0.05) is 17.0 Å². The average molecular weight is 381 g/mol. The molecule has 0 aliphatic heterocycles. The lowest BCUT2D eigenvalue weighted by Crippen LogP contribution is -2.27. The highest BCUT2D eigenvalue weighted by Gasteiger charge is 2.23. The number of rotatable bonds is 6. The van der Waals surface area contributed by atoms with Gasteiger partial charge in [-0.25, -0.2) is 14.4 Å². The van der Waals surface area contributed by atoms with Crippen molar-refractivity contribution in [3.05, 3.63) is 53.8 Å². The maximum Gasteiger partial charge on any atom is 0.230 e. The molecular formula is C21H20FN3OS. The lowest BCUT2D eigenvalue weighted by Gasteiger charge is -2.10. The minimum atomic E-state index is -0.293. The number of nitrogens with zero attached hydrogens (tertiary/aromatic N) is 2. The van der Waals surface area contributed by atoms with Crippen LogP contribution in [0.1, 0.15) is 25.3 Å². The Hall–Kier alpha value is -2.47. The van der Waals surface area contributed by atoms with Crippen LogP contribution in [0, 0.1) is 5.82 Å². The number of aromatic nitrogens is 2. The van der Waals surface area contributed by atoms with Gasteiger partial charge in [-0.3, -0.25) is 4.79 Å². The normalized spacial score (nSPS) is 13.7. The van der Waals surface area contributed by atoms with Crippen molar-refractivity contribution in [2.24, 2.45) is 0 Å². The van der Waals surface area contributed by atoms with E-state index in [1.165, 1.54) is 29.5 Å². The SMILES string of the molecule is CCc1ccc2nc(-c3ccc(F)cc3)nc(SCC(=O)NC3CC3)c2c1. The fourth-order valence-corrected chi connectivity index (χ4v) is 3.66. The van der Waals surface area contributed by atoms with Crippen molar-refractivity contribution in [1.82, 2.24) is 15.3 Å². The van der Waals surface area contributed by atoms with E-state index >= 15 is 0 Å². The molecule has 3 aromatic rings. The molecule has 1 heterocycles. The lowest BCUT2D eigenvalue weighted by molar-refractivity contribution is -0.118. The summed E-state index contributed by atoms with van der Waals surface area (Å²) in [6.07, 6.45) is 3.06. The van der Waals surface area contributed by atoms with E-state index in [4.69, 9.17) is 4.98 Å². The van der Waals surface area contributed by atoms with Crippen LogP contribution in [0.4, 0.5) is 4.39 Å². The number of fused-ring (bicyclic) bond motifs is 1. The van der Waals surface area contributed by atoms with Crippen LogP contribution in [0.2, 0.25) is 0 Å². The van der Waals surface area contributed by atoms with E-state index in [-0.39, 0.29) is 11.7 Å². The zero-order valence-electron chi connectivity index (χ0n) is 15.0. The lowest BCUT2D eigenvalue weighted by atomic mass is 10.1. The highest BCUT2D eigenvalue weighted by atomic mass is 32.2. The van der Waals surface area contributed by atoms with Gasteiger partial charge in [0.1, 0.15) is 10.8 Å². The number of nitrogens with one attached hydrogen (secondary N) is 1. The minimum absolute atomic E-state index is 0.0317. The standard InChI is InChI=1S/C21H20FN3OS/c1-2-13-3-10-18-17(11-13)21(27-12-19(26)23-16-8-9-16)25-20(24-18)14-4-6-15(22)7-5-14/h3-7,10-11,16H,2,8-9,12H2,1H3,(H,23,26). The average Bonchev–Trinajstić information content (AvgIpc) is 3.50. The summed E-state index contributed by atoms with van der Waals surface area (Å²) in [6.45, 7) is 2.10. The molecule has 1 saturated carbocycles. The number of thioether (sulfide) groups is 1. The highest BCUT2D eigenvalue weighted by molar-refractivity contribution is 8.00. The number of benzene rings is 2. The first-order chi connectivity index (χ1) is 13.1. The van der Waals surface area contributed by atoms with Crippen molar-refractivity contribution >= 4 is 28.6 Å². The van der Waals surface area contributed by atoms with Crippen molar-refractivity contribution in [3.63, 3.8) is 0 Å². The molecule has 1 amide bonds. The predicted molar refractivity (Wildman–Crippen MR) is 106 cm³/mol. The Labute approximate surface area is 161 Å². The molecule has 1 aliphatic carbocycles. The number of hydrogen-bond donors (Lipinski definition) is 1. The molecule has 0 radical (unpaired) electrons. The summed E-state index contributed by atoms with van der Waals surface area (Å²) in [7, 11) is 0. The summed E-state index contributed by atoms with van der Waals surface area (Å²) in [5.74, 6) is 0.599. The molecule has 1 N–H and O–H groups in total. The molecule has 0 atom stereocenters. The predicted octanol–water partition coefficient (Wildman–Crippen LogP) is 4.37. The van der Waals surface area contributed by atoms with E-state index in [2.05, 4.69) is 29.4 Å². The van der Waals surface area contributed by atoms with Crippen molar-refractivity contribution in [2.75, 3.05) is 5.75 Å². The van der Waals surface area contributed by atoms with Gasteiger partial charge in [0.25, 0.3) is 0 Å². The maximum atomic E-state index is 13.2. The fraction of sp³-hybridized carbons (Fsp3) is 0.286. The molecule has 4 nitrogen and oxygen atoms in total. The third kappa shape index (κ3) is 4.27. The topological polar surface area (TPSA) is 54.9 Å². The molecule has 0 saturated heterocycles. The third-order valence-corrected chi connectivity index (χ3v) is 5.51. The van der Waals surface area contributed by atoms with Crippen LogP contribution in [-0.2, 0) is 11.2 Å². The van der Waals surface area contributed by atoms with Gasteiger partial charge >= 0.3 is 0 Å². The second-order valence-corrected chi connectivity index (χ2v) is 7.66. The minimum Gasteiger partial charge on any atom is -0.353 e. The Bertz CT molecular complexity index is 987. The van der Waals surface area contributed by atoms with Crippen molar-refractivity contribution in [3.8, 4) is 11.4 Å². The van der Waals surface area contributed by atoms with Crippen molar-refractivity contribution < 1.29 is 9.18 Å². The summed E-state index contributed by atoms with van der Waals surface area (Å²) in [6, 6.07) is 12.6. The molecule has 0 bridgehead atoms. The quantitative estimate of drug-likeness (QED) is 0.509. The Balaban J connectivity index is 1.70. The monoisotopic (exact) mass is 381 g/mol.